The van der Waals surface area contributed by atoms with Gasteiger partial charge in [0.1, 0.15) is 6.10 Å². The number of amides is 1. The molecule has 0 radical (unpaired) electrons. The highest BCUT2D eigenvalue weighted by atomic mass is 16.6. The maximum Gasteiger partial charge on any atom is 0.410 e. The van der Waals surface area contributed by atoms with Crippen LogP contribution in [0.5, 0.6) is 0 Å². The van der Waals surface area contributed by atoms with Crippen LogP contribution >= 0.6 is 0 Å². The summed E-state index contributed by atoms with van der Waals surface area (Å²) < 4.78 is 10.6. The molecule has 0 aromatic rings. The van der Waals surface area contributed by atoms with Crippen molar-refractivity contribution in [3.63, 3.8) is 0 Å². The zero-order valence-corrected chi connectivity index (χ0v) is 12.0. The third kappa shape index (κ3) is 4.61. The summed E-state index contributed by atoms with van der Waals surface area (Å²) in [5.41, 5.74) is 8.36. The molecule has 0 aromatic heterocycles. The fourth-order valence-electron chi connectivity index (χ4n) is 2.07. The second kappa shape index (κ2) is 6.63. The van der Waals surface area contributed by atoms with E-state index in [4.69, 9.17) is 15.0 Å². The van der Waals surface area contributed by atoms with Gasteiger partial charge in [-0.2, -0.15) is 0 Å². The number of morpholine rings is 1. The molecule has 108 valence electrons. The standard InChI is InChI=1S/C12H22N4O3/c1-9(10(14-15-13)12(2,3)4)19-11(17)16-5-7-18-8-6-16/h9-10H,5-8H2,1-4H3/t9-,10+/m0/s1. The second-order valence-corrected chi connectivity index (χ2v) is 5.70. The highest BCUT2D eigenvalue weighted by Gasteiger charge is 2.32. The fraction of sp³-hybridized carbons (Fsp3) is 0.917. The first-order valence-corrected chi connectivity index (χ1v) is 6.43. The average molecular weight is 270 g/mol. The lowest BCUT2D eigenvalue weighted by Crippen LogP contribution is -2.45. The number of hydrogen-bond donors (Lipinski definition) is 0. The van der Waals surface area contributed by atoms with E-state index in [9.17, 15) is 4.79 Å². The van der Waals surface area contributed by atoms with Crippen molar-refractivity contribution in [1.82, 2.24) is 4.90 Å². The summed E-state index contributed by atoms with van der Waals surface area (Å²) in [7, 11) is 0. The summed E-state index contributed by atoms with van der Waals surface area (Å²) in [6.45, 7) is 9.73. The molecule has 1 aliphatic rings. The number of carbonyl (C=O) groups excluding carboxylic acids is 1. The van der Waals surface area contributed by atoms with Crippen LogP contribution in [0.3, 0.4) is 0 Å². The minimum Gasteiger partial charge on any atom is -0.446 e. The van der Waals surface area contributed by atoms with Crippen molar-refractivity contribution in [3.8, 4) is 0 Å². The SMILES string of the molecule is C[C@H](OC(=O)N1CCOCC1)[C@@H](N=[N+]=[N-])C(C)(C)C. The summed E-state index contributed by atoms with van der Waals surface area (Å²) in [5, 5.41) is 3.75. The summed E-state index contributed by atoms with van der Waals surface area (Å²) in [6.07, 6.45) is -0.843. The molecule has 19 heavy (non-hydrogen) atoms. The number of ether oxygens (including phenoxy) is 2. The van der Waals surface area contributed by atoms with Crippen LogP contribution in [-0.4, -0.2) is 49.4 Å². The van der Waals surface area contributed by atoms with Gasteiger partial charge in [-0.05, 0) is 17.9 Å². The molecular weight excluding hydrogens is 248 g/mol. The fourth-order valence-corrected chi connectivity index (χ4v) is 2.07. The minimum absolute atomic E-state index is 0.267. The van der Waals surface area contributed by atoms with E-state index < -0.39 is 12.1 Å². The van der Waals surface area contributed by atoms with E-state index in [1.165, 1.54) is 0 Å². The molecule has 0 saturated carbocycles. The Morgan fingerprint density at radius 3 is 2.47 bits per heavy atom. The lowest BCUT2D eigenvalue weighted by Gasteiger charge is -2.33. The van der Waals surface area contributed by atoms with E-state index in [1.807, 2.05) is 20.8 Å². The molecule has 1 fully saturated rings. The monoisotopic (exact) mass is 270 g/mol. The van der Waals surface area contributed by atoms with E-state index in [0.29, 0.717) is 26.3 Å². The van der Waals surface area contributed by atoms with Crippen LogP contribution in [0.1, 0.15) is 27.7 Å². The molecule has 1 saturated heterocycles. The Labute approximate surface area is 113 Å². The zero-order chi connectivity index (χ0) is 14.5. The van der Waals surface area contributed by atoms with Gasteiger partial charge in [-0.25, -0.2) is 4.79 Å². The van der Waals surface area contributed by atoms with Crippen LogP contribution in [0.15, 0.2) is 5.11 Å². The van der Waals surface area contributed by atoms with Crippen LogP contribution in [-0.2, 0) is 9.47 Å². The smallest absolute Gasteiger partial charge is 0.410 e. The normalized spacial score (nSPS) is 19.3. The van der Waals surface area contributed by atoms with Crippen LogP contribution in [0.2, 0.25) is 0 Å². The Morgan fingerprint density at radius 1 is 1.42 bits per heavy atom. The highest BCUT2D eigenvalue weighted by molar-refractivity contribution is 5.68. The topological polar surface area (TPSA) is 87.5 Å². The molecule has 7 heteroatoms. The van der Waals surface area contributed by atoms with Crippen molar-refractivity contribution in [2.75, 3.05) is 26.3 Å². The first-order valence-electron chi connectivity index (χ1n) is 6.43. The number of azide groups is 1. The van der Waals surface area contributed by atoms with Gasteiger partial charge in [-0.15, -0.1) is 0 Å². The van der Waals surface area contributed by atoms with Crippen LogP contribution in [0.25, 0.3) is 10.4 Å². The van der Waals surface area contributed by atoms with Gasteiger partial charge in [0.05, 0.1) is 19.3 Å². The minimum atomic E-state index is -0.466. The van der Waals surface area contributed by atoms with E-state index in [2.05, 4.69) is 10.0 Å². The molecule has 1 heterocycles. The molecule has 1 amide bonds. The Bertz CT molecular complexity index is 354. The maximum atomic E-state index is 12.0. The summed E-state index contributed by atoms with van der Waals surface area (Å²) in [5.74, 6) is 0. The van der Waals surface area contributed by atoms with Gasteiger partial charge in [-0.3, -0.25) is 0 Å². The molecule has 2 atom stereocenters. The average Bonchev–Trinajstić information content (AvgIpc) is 2.35. The molecule has 0 aromatic carbocycles. The van der Waals surface area contributed by atoms with E-state index in [1.54, 1.807) is 11.8 Å². The van der Waals surface area contributed by atoms with Crippen molar-refractivity contribution in [3.05, 3.63) is 10.4 Å². The lowest BCUT2D eigenvalue weighted by molar-refractivity contribution is 0.00356. The van der Waals surface area contributed by atoms with E-state index in [-0.39, 0.29) is 11.5 Å². The molecule has 0 aliphatic carbocycles. The van der Waals surface area contributed by atoms with Crippen molar-refractivity contribution < 1.29 is 14.3 Å². The van der Waals surface area contributed by atoms with Crippen LogP contribution in [0, 0.1) is 5.41 Å². The van der Waals surface area contributed by atoms with Crippen molar-refractivity contribution in [2.45, 2.75) is 39.8 Å². The number of nitrogens with zero attached hydrogens (tertiary/aromatic N) is 4. The van der Waals surface area contributed by atoms with E-state index in [0.717, 1.165) is 0 Å². The Balaban J connectivity index is 2.62. The predicted molar refractivity (Wildman–Crippen MR) is 70.7 cm³/mol. The summed E-state index contributed by atoms with van der Waals surface area (Å²) >= 11 is 0. The van der Waals surface area contributed by atoms with Gasteiger partial charge in [-0.1, -0.05) is 25.9 Å². The first-order chi connectivity index (χ1) is 8.86. The molecule has 7 nitrogen and oxygen atoms in total. The lowest BCUT2D eigenvalue weighted by atomic mass is 9.84. The number of hydrogen-bond acceptors (Lipinski definition) is 4. The molecule has 0 unspecified atom stereocenters. The van der Waals surface area contributed by atoms with Gasteiger partial charge in [0.15, 0.2) is 0 Å². The predicted octanol–water partition coefficient (Wildman–Crippen LogP) is 2.57. The highest BCUT2D eigenvalue weighted by Crippen LogP contribution is 2.27. The Hall–Kier alpha value is -1.46. The van der Waals surface area contributed by atoms with Crippen molar-refractivity contribution in [2.24, 2.45) is 10.5 Å². The van der Waals surface area contributed by atoms with Gasteiger partial charge >= 0.3 is 6.09 Å². The first kappa shape index (κ1) is 15.6. The summed E-state index contributed by atoms with van der Waals surface area (Å²) in [4.78, 5) is 16.4. The Morgan fingerprint density at radius 2 is 2.00 bits per heavy atom. The third-order valence-electron chi connectivity index (χ3n) is 3.06. The largest absolute Gasteiger partial charge is 0.446 e. The van der Waals surface area contributed by atoms with Gasteiger partial charge in [0.2, 0.25) is 0 Å². The molecule has 1 rings (SSSR count). The summed E-state index contributed by atoms with van der Waals surface area (Å²) in [6, 6.07) is -0.400. The third-order valence-corrected chi connectivity index (χ3v) is 3.06. The van der Waals surface area contributed by atoms with Crippen molar-refractivity contribution >= 4 is 6.09 Å². The quantitative estimate of drug-likeness (QED) is 0.448. The second-order valence-electron chi connectivity index (χ2n) is 5.70. The molecule has 0 N–H and O–H groups in total. The van der Waals surface area contributed by atoms with E-state index >= 15 is 0 Å². The van der Waals surface area contributed by atoms with Crippen molar-refractivity contribution in [1.29, 1.82) is 0 Å². The van der Waals surface area contributed by atoms with Gasteiger partial charge in [0.25, 0.3) is 0 Å². The van der Waals surface area contributed by atoms with Crippen LogP contribution < -0.4 is 0 Å². The number of rotatable bonds is 3. The molecule has 1 aliphatic heterocycles. The molecule has 0 bridgehead atoms. The zero-order valence-electron chi connectivity index (χ0n) is 12.0. The van der Waals surface area contributed by atoms with Gasteiger partial charge < -0.3 is 14.4 Å². The van der Waals surface area contributed by atoms with Crippen LogP contribution in [0.4, 0.5) is 4.79 Å². The maximum absolute atomic E-state index is 12.0. The van der Waals surface area contributed by atoms with Gasteiger partial charge in [0, 0.05) is 18.0 Å². The Kier molecular flexibility index (Phi) is 5.44. The molecule has 0 spiro atoms. The number of carbonyl (C=O) groups is 1. The molecular formula is C12H22N4O3.